The zero-order valence-corrected chi connectivity index (χ0v) is 11.7. The predicted molar refractivity (Wildman–Crippen MR) is 74.0 cm³/mol. The number of aromatic nitrogens is 4. The van der Waals surface area contributed by atoms with Crippen LogP contribution in [-0.2, 0) is 6.42 Å². The smallest absolute Gasteiger partial charge is 0.214 e. The summed E-state index contributed by atoms with van der Waals surface area (Å²) in [5, 5.41) is 12.9. The third-order valence-corrected chi connectivity index (χ3v) is 4.14. The van der Waals surface area contributed by atoms with E-state index in [4.69, 9.17) is 5.73 Å². The molecule has 1 unspecified atom stereocenters. The Morgan fingerprint density at radius 2 is 2.21 bits per heavy atom. The second kappa shape index (κ2) is 5.30. The Balaban J connectivity index is 1.84. The van der Waals surface area contributed by atoms with E-state index >= 15 is 0 Å². The molecule has 1 aromatic carbocycles. The number of hydrogen-bond acceptors (Lipinski definition) is 5. The molecule has 1 saturated carbocycles. The van der Waals surface area contributed by atoms with Crippen LogP contribution in [0.4, 0.5) is 0 Å². The largest absolute Gasteiger partial charge is 0.328 e. The van der Waals surface area contributed by atoms with Gasteiger partial charge in [-0.25, -0.2) is 4.68 Å². The molecule has 0 amide bonds. The topological polar surface area (TPSA) is 69.6 Å². The Labute approximate surface area is 116 Å². The molecular formula is C13H17N5S. The van der Waals surface area contributed by atoms with Gasteiger partial charge in [-0.05, 0) is 60.0 Å². The maximum atomic E-state index is 5.90. The molecule has 1 heterocycles. The van der Waals surface area contributed by atoms with E-state index in [-0.39, 0.29) is 6.04 Å². The molecule has 0 aliphatic heterocycles. The summed E-state index contributed by atoms with van der Waals surface area (Å²) in [5.41, 5.74) is 7.16. The molecule has 2 aromatic rings. The lowest BCUT2D eigenvalue weighted by Crippen LogP contribution is -2.18. The summed E-state index contributed by atoms with van der Waals surface area (Å²) in [5.74, 6) is 0. The van der Waals surface area contributed by atoms with Crippen LogP contribution in [0.25, 0.3) is 0 Å². The first-order chi connectivity index (χ1) is 9.24. The van der Waals surface area contributed by atoms with Gasteiger partial charge in [-0.3, -0.25) is 0 Å². The summed E-state index contributed by atoms with van der Waals surface area (Å²) in [7, 11) is 0. The zero-order valence-electron chi connectivity index (χ0n) is 10.9. The van der Waals surface area contributed by atoms with Crippen molar-refractivity contribution in [1.82, 2.24) is 20.2 Å². The quantitative estimate of drug-likeness (QED) is 0.904. The summed E-state index contributed by atoms with van der Waals surface area (Å²) >= 11 is 1.63. The Kier molecular flexibility index (Phi) is 3.52. The molecule has 100 valence electrons. The maximum absolute atomic E-state index is 5.90. The number of nitrogens with zero attached hydrogens (tertiary/aromatic N) is 4. The summed E-state index contributed by atoms with van der Waals surface area (Å²) in [4.78, 5) is 1.19. The summed E-state index contributed by atoms with van der Waals surface area (Å²) in [6.45, 7) is 2.02. The molecule has 0 saturated heterocycles. The minimum absolute atomic E-state index is 0.154. The van der Waals surface area contributed by atoms with Gasteiger partial charge in [0, 0.05) is 10.9 Å². The standard InChI is InChI=1S/C13H17N5S/c1-9(14)8-10-4-2-3-5-12(10)19-13-15-16-17-18(13)11-6-7-11/h2-5,9,11H,6-8,14H2,1H3. The van der Waals surface area contributed by atoms with Crippen LogP contribution in [0.3, 0.4) is 0 Å². The first-order valence-electron chi connectivity index (χ1n) is 6.53. The van der Waals surface area contributed by atoms with Gasteiger partial charge in [0.05, 0.1) is 6.04 Å². The molecule has 0 radical (unpaired) electrons. The lowest BCUT2D eigenvalue weighted by atomic mass is 10.1. The minimum atomic E-state index is 0.154. The van der Waals surface area contributed by atoms with Crippen LogP contribution in [0.5, 0.6) is 0 Å². The van der Waals surface area contributed by atoms with Crippen molar-refractivity contribution < 1.29 is 0 Å². The second-order valence-corrected chi connectivity index (χ2v) is 6.04. The van der Waals surface area contributed by atoms with Crippen molar-refractivity contribution in [3.05, 3.63) is 29.8 Å². The number of nitrogens with two attached hydrogens (primary N) is 1. The highest BCUT2D eigenvalue weighted by atomic mass is 32.2. The van der Waals surface area contributed by atoms with Gasteiger partial charge < -0.3 is 5.73 Å². The third kappa shape index (κ3) is 2.96. The van der Waals surface area contributed by atoms with E-state index in [2.05, 4.69) is 27.7 Å². The number of benzene rings is 1. The van der Waals surface area contributed by atoms with Gasteiger partial charge in [0.2, 0.25) is 5.16 Å². The summed E-state index contributed by atoms with van der Waals surface area (Å²) in [6.07, 6.45) is 3.23. The summed E-state index contributed by atoms with van der Waals surface area (Å²) < 4.78 is 1.94. The van der Waals surface area contributed by atoms with Gasteiger partial charge in [-0.15, -0.1) is 5.10 Å². The molecule has 0 spiro atoms. The molecule has 3 rings (SSSR count). The number of hydrogen-bond donors (Lipinski definition) is 1. The van der Waals surface area contributed by atoms with Crippen molar-refractivity contribution in [2.24, 2.45) is 5.73 Å². The molecule has 1 atom stereocenters. The SMILES string of the molecule is CC(N)Cc1ccccc1Sc1nnnn1C1CC1. The zero-order chi connectivity index (χ0) is 13.2. The molecular weight excluding hydrogens is 258 g/mol. The van der Waals surface area contributed by atoms with Crippen molar-refractivity contribution >= 4 is 11.8 Å². The molecule has 1 aliphatic rings. The average Bonchev–Trinajstić information content (AvgIpc) is 3.12. The molecule has 1 aromatic heterocycles. The minimum Gasteiger partial charge on any atom is -0.328 e. The van der Waals surface area contributed by atoms with Crippen LogP contribution < -0.4 is 5.73 Å². The van der Waals surface area contributed by atoms with Crippen molar-refractivity contribution in [3.8, 4) is 0 Å². The van der Waals surface area contributed by atoms with Crippen molar-refractivity contribution in [2.75, 3.05) is 0 Å². The van der Waals surface area contributed by atoms with Crippen LogP contribution in [0.15, 0.2) is 34.3 Å². The van der Waals surface area contributed by atoms with E-state index in [9.17, 15) is 0 Å². The second-order valence-electron chi connectivity index (χ2n) is 5.03. The molecule has 5 nitrogen and oxygen atoms in total. The maximum Gasteiger partial charge on any atom is 0.214 e. The van der Waals surface area contributed by atoms with Gasteiger partial charge >= 0.3 is 0 Å². The highest BCUT2D eigenvalue weighted by Gasteiger charge is 2.28. The predicted octanol–water partition coefficient (Wildman–Crippen LogP) is 2.05. The monoisotopic (exact) mass is 275 g/mol. The Morgan fingerprint density at radius 1 is 1.42 bits per heavy atom. The van der Waals surface area contributed by atoms with E-state index in [1.807, 2.05) is 23.7 Å². The first-order valence-corrected chi connectivity index (χ1v) is 7.35. The lowest BCUT2D eigenvalue weighted by Gasteiger charge is -2.10. The third-order valence-electron chi connectivity index (χ3n) is 3.07. The van der Waals surface area contributed by atoms with E-state index in [0.29, 0.717) is 6.04 Å². The van der Waals surface area contributed by atoms with Gasteiger partial charge in [0.25, 0.3) is 0 Å². The molecule has 2 N–H and O–H groups in total. The molecule has 0 bridgehead atoms. The highest BCUT2D eigenvalue weighted by molar-refractivity contribution is 7.99. The van der Waals surface area contributed by atoms with E-state index in [1.165, 1.54) is 23.3 Å². The fraction of sp³-hybridized carbons (Fsp3) is 0.462. The van der Waals surface area contributed by atoms with Crippen molar-refractivity contribution in [3.63, 3.8) is 0 Å². The average molecular weight is 275 g/mol. The Hall–Kier alpha value is -1.40. The fourth-order valence-electron chi connectivity index (χ4n) is 2.02. The number of tetrazole rings is 1. The highest BCUT2D eigenvalue weighted by Crippen LogP contribution is 2.38. The van der Waals surface area contributed by atoms with Gasteiger partial charge in [0.1, 0.15) is 0 Å². The molecule has 19 heavy (non-hydrogen) atoms. The van der Waals surface area contributed by atoms with Gasteiger partial charge in [-0.2, -0.15) is 0 Å². The lowest BCUT2D eigenvalue weighted by molar-refractivity contribution is 0.565. The van der Waals surface area contributed by atoms with Crippen molar-refractivity contribution in [2.45, 2.75) is 48.3 Å². The van der Waals surface area contributed by atoms with Crippen LogP contribution in [0.1, 0.15) is 31.4 Å². The molecule has 1 aliphatic carbocycles. The fourth-order valence-corrected chi connectivity index (χ4v) is 3.00. The Morgan fingerprint density at radius 3 is 2.95 bits per heavy atom. The van der Waals surface area contributed by atoms with E-state index in [1.54, 1.807) is 11.8 Å². The molecule has 1 fully saturated rings. The van der Waals surface area contributed by atoms with Crippen LogP contribution in [-0.4, -0.2) is 26.2 Å². The van der Waals surface area contributed by atoms with Crippen molar-refractivity contribution in [1.29, 1.82) is 0 Å². The first kappa shape index (κ1) is 12.6. The normalized spacial score (nSPS) is 16.5. The number of rotatable bonds is 5. The van der Waals surface area contributed by atoms with E-state index in [0.717, 1.165) is 11.6 Å². The van der Waals surface area contributed by atoms with Crippen LogP contribution in [0, 0.1) is 0 Å². The van der Waals surface area contributed by atoms with Crippen LogP contribution >= 0.6 is 11.8 Å². The summed E-state index contributed by atoms with van der Waals surface area (Å²) in [6, 6.07) is 8.97. The van der Waals surface area contributed by atoms with Gasteiger partial charge in [-0.1, -0.05) is 18.2 Å². The molecule has 6 heteroatoms. The van der Waals surface area contributed by atoms with Gasteiger partial charge in [0.15, 0.2) is 0 Å². The van der Waals surface area contributed by atoms with E-state index < -0.39 is 0 Å². The Bertz CT molecular complexity index is 562. The van der Waals surface area contributed by atoms with Crippen LogP contribution in [0.2, 0.25) is 0 Å².